The van der Waals surface area contributed by atoms with Gasteiger partial charge >= 0.3 is 0 Å². The Hall–Kier alpha value is -2.62. The van der Waals surface area contributed by atoms with Crippen LogP contribution in [0.25, 0.3) is 0 Å². The van der Waals surface area contributed by atoms with Crippen LogP contribution in [0.5, 0.6) is 5.75 Å². The van der Waals surface area contributed by atoms with Crippen LogP contribution in [0.1, 0.15) is 17.2 Å². The number of carbonyl (C=O) groups is 1. The normalized spacial score (nSPS) is 19.8. The number of rotatable bonds is 7. The van der Waals surface area contributed by atoms with E-state index < -0.39 is 22.2 Å². The van der Waals surface area contributed by atoms with Crippen molar-refractivity contribution in [3.8, 4) is 5.75 Å². The lowest BCUT2D eigenvalue weighted by molar-refractivity contribution is -0.162. The topological polar surface area (TPSA) is 105 Å². The Balaban J connectivity index is 1.79. The average molecular weight is 420 g/mol. The van der Waals surface area contributed by atoms with Gasteiger partial charge in [0.25, 0.3) is 0 Å². The third-order valence-electron chi connectivity index (χ3n) is 4.70. The Bertz CT molecular complexity index is 944. The molecule has 1 fully saturated rings. The number of methoxy groups -OCH3 is 1. The number of nitrogens with one attached hydrogen (secondary N) is 1. The highest BCUT2D eigenvalue weighted by Crippen LogP contribution is 2.31. The van der Waals surface area contributed by atoms with E-state index in [0.29, 0.717) is 12.2 Å². The van der Waals surface area contributed by atoms with E-state index in [1.807, 2.05) is 24.3 Å². The molecule has 156 valence electrons. The largest absolute Gasteiger partial charge is 0.497 e. The molecule has 0 unspecified atom stereocenters. The minimum Gasteiger partial charge on any atom is -0.497 e. The lowest BCUT2D eigenvalue weighted by atomic mass is 9.98. The zero-order chi connectivity index (χ0) is 21.0. The Morgan fingerprint density at radius 2 is 1.83 bits per heavy atom. The summed E-state index contributed by atoms with van der Waals surface area (Å²) in [5.41, 5.74) is 2.08. The van der Waals surface area contributed by atoms with Crippen LogP contribution < -0.4 is 9.46 Å². The molecule has 3 rings (SSSR count). The fourth-order valence-corrected chi connectivity index (χ4v) is 3.87. The van der Waals surface area contributed by atoms with Crippen LogP contribution in [0.4, 0.5) is 5.69 Å². The van der Waals surface area contributed by atoms with Gasteiger partial charge in [-0.3, -0.25) is 9.52 Å². The number of carbonyl (C=O) groups excluding carboxylic acids is 1. The van der Waals surface area contributed by atoms with Crippen LogP contribution in [0.2, 0.25) is 0 Å². The first-order valence-electron chi connectivity index (χ1n) is 9.03. The maximum absolute atomic E-state index is 12.5. The van der Waals surface area contributed by atoms with Crippen LogP contribution in [-0.2, 0) is 26.1 Å². The standard InChI is InChI=1S/C20H24N2O6S/c1-27-17-9-3-14(4-10-17)11-22-18(12-23)20(28-13-19(22)24)15-5-7-16(8-6-15)21-29(2,25)26/h3-10,18,20-21,23H,11-13H2,1-2H3/t18-,20-/m1/s1. The average Bonchev–Trinajstić information content (AvgIpc) is 2.69. The second-order valence-electron chi connectivity index (χ2n) is 6.85. The molecule has 1 aliphatic heterocycles. The lowest BCUT2D eigenvalue weighted by Crippen LogP contribution is -2.52. The third kappa shape index (κ3) is 5.26. The highest BCUT2D eigenvalue weighted by molar-refractivity contribution is 7.92. The van der Waals surface area contributed by atoms with E-state index in [0.717, 1.165) is 23.1 Å². The second kappa shape index (κ2) is 8.81. The monoisotopic (exact) mass is 420 g/mol. The van der Waals surface area contributed by atoms with E-state index in [2.05, 4.69) is 4.72 Å². The quantitative estimate of drug-likeness (QED) is 0.704. The van der Waals surface area contributed by atoms with Crippen molar-refractivity contribution < 1.29 is 27.8 Å². The fraction of sp³-hybridized carbons (Fsp3) is 0.350. The molecule has 9 heteroatoms. The molecule has 1 amide bonds. The van der Waals surface area contributed by atoms with Crippen molar-refractivity contribution in [2.75, 3.05) is 31.3 Å². The molecule has 1 aliphatic rings. The minimum atomic E-state index is -3.37. The Morgan fingerprint density at radius 3 is 2.38 bits per heavy atom. The van der Waals surface area contributed by atoms with Gasteiger partial charge in [0.2, 0.25) is 15.9 Å². The van der Waals surface area contributed by atoms with E-state index in [9.17, 15) is 18.3 Å². The molecule has 1 heterocycles. The van der Waals surface area contributed by atoms with E-state index in [1.54, 1.807) is 36.3 Å². The minimum absolute atomic E-state index is 0.0966. The van der Waals surface area contributed by atoms with E-state index >= 15 is 0 Å². The van der Waals surface area contributed by atoms with Crippen molar-refractivity contribution in [3.63, 3.8) is 0 Å². The summed E-state index contributed by atoms with van der Waals surface area (Å²) in [7, 11) is -1.78. The van der Waals surface area contributed by atoms with Crippen molar-refractivity contribution in [1.29, 1.82) is 0 Å². The van der Waals surface area contributed by atoms with Crippen LogP contribution in [-0.4, -0.2) is 57.0 Å². The van der Waals surface area contributed by atoms with Gasteiger partial charge in [0.05, 0.1) is 26.0 Å². The van der Waals surface area contributed by atoms with Gasteiger partial charge in [-0.1, -0.05) is 24.3 Å². The summed E-state index contributed by atoms with van der Waals surface area (Å²) in [6.07, 6.45) is 0.554. The summed E-state index contributed by atoms with van der Waals surface area (Å²) in [4.78, 5) is 14.1. The summed E-state index contributed by atoms with van der Waals surface area (Å²) in [6, 6.07) is 13.5. The molecule has 29 heavy (non-hydrogen) atoms. The number of hydrogen-bond donors (Lipinski definition) is 2. The molecule has 2 aromatic carbocycles. The predicted molar refractivity (Wildman–Crippen MR) is 108 cm³/mol. The molecule has 0 aromatic heterocycles. The maximum atomic E-state index is 12.5. The smallest absolute Gasteiger partial charge is 0.249 e. The predicted octanol–water partition coefficient (Wildman–Crippen LogP) is 1.53. The highest BCUT2D eigenvalue weighted by atomic mass is 32.2. The van der Waals surface area contributed by atoms with Crippen molar-refractivity contribution in [3.05, 3.63) is 59.7 Å². The van der Waals surface area contributed by atoms with Crippen LogP contribution >= 0.6 is 0 Å². The number of nitrogens with zero attached hydrogens (tertiary/aromatic N) is 1. The number of anilines is 1. The SMILES string of the molecule is COc1ccc(CN2C(=O)CO[C@H](c3ccc(NS(C)(=O)=O)cc3)[C@H]2CO)cc1. The van der Waals surface area contributed by atoms with Gasteiger partial charge in [0.15, 0.2) is 0 Å². The van der Waals surface area contributed by atoms with Gasteiger partial charge in [-0.25, -0.2) is 8.42 Å². The van der Waals surface area contributed by atoms with E-state index in [1.165, 1.54) is 0 Å². The fourth-order valence-electron chi connectivity index (χ4n) is 3.30. The molecular formula is C20H24N2O6S. The number of morpholine rings is 1. The van der Waals surface area contributed by atoms with Crippen LogP contribution in [0.15, 0.2) is 48.5 Å². The molecular weight excluding hydrogens is 396 g/mol. The van der Waals surface area contributed by atoms with Gasteiger partial charge in [0.1, 0.15) is 18.5 Å². The first-order chi connectivity index (χ1) is 13.8. The van der Waals surface area contributed by atoms with Gasteiger partial charge in [-0.05, 0) is 35.4 Å². The number of ether oxygens (including phenoxy) is 2. The lowest BCUT2D eigenvalue weighted by Gasteiger charge is -2.40. The van der Waals surface area contributed by atoms with Crippen LogP contribution in [0.3, 0.4) is 0 Å². The molecule has 0 radical (unpaired) electrons. The van der Waals surface area contributed by atoms with Gasteiger partial charge in [-0.2, -0.15) is 0 Å². The molecule has 2 aromatic rings. The molecule has 2 atom stereocenters. The first kappa shape index (κ1) is 21.1. The third-order valence-corrected chi connectivity index (χ3v) is 5.30. The summed E-state index contributed by atoms with van der Waals surface area (Å²) in [6.45, 7) is -0.0296. The molecule has 0 spiro atoms. The van der Waals surface area contributed by atoms with Crippen molar-refractivity contribution in [2.45, 2.75) is 18.7 Å². The molecule has 0 bridgehead atoms. The second-order valence-corrected chi connectivity index (χ2v) is 8.60. The van der Waals surface area contributed by atoms with Crippen LogP contribution in [0, 0.1) is 0 Å². The molecule has 8 nitrogen and oxygen atoms in total. The molecule has 0 saturated carbocycles. The van der Waals surface area contributed by atoms with Crippen molar-refractivity contribution in [1.82, 2.24) is 4.90 Å². The van der Waals surface area contributed by atoms with Crippen molar-refractivity contribution in [2.24, 2.45) is 0 Å². The Labute approximate surface area is 170 Å². The summed E-state index contributed by atoms with van der Waals surface area (Å²) in [5, 5.41) is 9.99. The first-order valence-corrected chi connectivity index (χ1v) is 10.9. The van der Waals surface area contributed by atoms with E-state index in [-0.39, 0.29) is 19.1 Å². The number of sulfonamides is 1. The summed E-state index contributed by atoms with van der Waals surface area (Å²) < 4.78 is 36.0. The molecule has 1 saturated heterocycles. The maximum Gasteiger partial charge on any atom is 0.249 e. The number of benzene rings is 2. The number of aliphatic hydroxyl groups excluding tert-OH is 1. The number of aliphatic hydroxyl groups is 1. The van der Waals surface area contributed by atoms with E-state index in [4.69, 9.17) is 9.47 Å². The Kier molecular flexibility index (Phi) is 6.41. The molecule has 0 aliphatic carbocycles. The highest BCUT2D eigenvalue weighted by Gasteiger charge is 2.37. The number of hydrogen-bond acceptors (Lipinski definition) is 6. The zero-order valence-electron chi connectivity index (χ0n) is 16.2. The Morgan fingerprint density at radius 1 is 1.17 bits per heavy atom. The van der Waals surface area contributed by atoms with Gasteiger partial charge in [0, 0.05) is 12.2 Å². The van der Waals surface area contributed by atoms with Crippen molar-refractivity contribution >= 4 is 21.6 Å². The van der Waals surface area contributed by atoms with Gasteiger partial charge < -0.3 is 19.5 Å². The van der Waals surface area contributed by atoms with Gasteiger partial charge in [-0.15, -0.1) is 0 Å². The molecule has 2 N–H and O–H groups in total. The number of amides is 1. The summed E-state index contributed by atoms with van der Waals surface area (Å²) in [5.74, 6) is 0.521. The summed E-state index contributed by atoms with van der Waals surface area (Å²) >= 11 is 0. The zero-order valence-corrected chi connectivity index (χ0v) is 17.1.